The number of hydrogen-bond acceptors (Lipinski definition) is 0. The monoisotopic (exact) mass is 290 g/mol. The molecule has 0 unspecified atom stereocenters. The Bertz CT molecular complexity index is 573. The number of hydrogen-bond donors (Lipinski definition) is 0. The summed E-state index contributed by atoms with van der Waals surface area (Å²) in [6.07, 6.45) is 0. The van der Waals surface area contributed by atoms with Gasteiger partial charge in [-0.1, -0.05) is 0 Å². The molecule has 0 spiro atoms. The van der Waals surface area contributed by atoms with Crippen molar-refractivity contribution in [3.05, 3.63) is 47.5 Å². The first-order chi connectivity index (χ1) is 7.60. The Labute approximate surface area is 104 Å². The van der Waals surface area contributed by atoms with Crippen molar-refractivity contribution in [2.75, 3.05) is 0 Å². The summed E-state index contributed by atoms with van der Waals surface area (Å²) < 4.78 is 3.11. The molecule has 0 aromatic heterocycles. The van der Waals surface area contributed by atoms with Crippen molar-refractivity contribution in [1.82, 2.24) is 0 Å². The summed E-state index contributed by atoms with van der Waals surface area (Å²) in [7, 11) is 0. The molecule has 1 heterocycles. The Balaban J connectivity index is 2.39. The zero-order valence-electron chi connectivity index (χ0n) is 9.42. The fraction of sp³-hybridized carbons (Fsp3) is 0.143. The first-order valence-corrected chi connectivity index (χ1v) is 12.2. The van der Waals surface area contributed by atoms with Gasteiger partial charge in [0.25, 0.3) is 0 Å². The van der Waals surface area contributed by atoms with Crippen molar-refractivity contribution in [2.24, 2.45) is 0 Å². The Morgan fingerprint density at radius 1 is 0.875 bits per heavy atom. The van der Waals surface area contributed by atoms with Crippen LogP contribution in [0.5, 0.6) is 0 Å². The number of rotatable bonds is 0. The van der Waals surface area contributed by atoms with Gasteiger partial charge in [0.05, 0.1) is 0 Å². The second-order valence-electron chi connectivity index (χ2n) is 4.86. The summed E-state index contributed by atoms with van der Waals surface area (Å²) in [6, 6.07) is 15.2. The van der Waals surface area contributed by atoms with Gasteiger partial charge < -0.3 is 0 Å². The van der Waals surface area contributed by atoms with Gasteiger partial charge in [-0.15, -0.1) is 0 Å². The van der Waals surface area contributed by atoms with Crippen LogP contribution in [0.15, 0.2) is 42.5 Å². The molecular weight excluding hydrogens is 276 g/mol. The molecule has 0 N–H and O–H groups in total. The van der Waals surface area contributed by atoms with E-state index in [9.17, 15) is 0 Å². The summed E-state index contributed by atoms with van der Waals surface area (Å²) in [5.41, 5.74) is 2.84. The van der Waals surface area contributed by atoms with Crippen molar-refractivity contribution in [2.45, 2.75) is 11.5 Å². The van der Waals surface area contributed by atoms with E-state index in [-0.39, 0.29) is 0 Å². The summed E-state index contributed by atoms with van der Waals surface area (Å²) >= 11 is 4.08. The van der Waals surface area contributed by atoms with Gasteiger partial charge in [0.15, 0.2) is 0 Å². The van der Waals surface area contributed by atoms with Crippen LogP contribution in [0.3, 0.4) is 0 Å². The molecule has 80 valence electrons. The maximum absolute atomic E-state index is 6.12. The van der Waals surface area contributed by atoms with Crippen LogP contribution in [-0.2, 0) is 0 Å². The van der Waals surface area contributed by atoms with Crippen LogP contribution in [0.2, 0.25) is 16.5 Å². The predicted octanol–water partition coefficient (Wildman–Crippen LogP) is 3.14. The molecule has 1 aliphatic heterocycles. The van der Waals surface area contributed by atoms with Crippen molar-refractivity contribution in [3.63, 3.8) is 0 Å². The standard InChI is InChI=1S/C14H13ClGe/c1-16(2)13-6-4-3-5-11(13)12-8-7-10(15)9-14(12)16/h3-9H,1-2H3. The Morgan fingerprint density at radius 2 is 1.56 bits per heavy atom. The number of halogens is 1. The number of fused-ring (bicyclic) bond motifs is 3. The van der Waals surface area contributed by atoms with Crippen LogP contribution in [0.25, 0.3) is 11.1 Å². The van der Waals surface area contributed by atoms with Crippen LogP contribution in [-0.4, -0.2) is 13.3 Å². The van der Waals surface area contributed by atoms with Gasteiger partial charge in [-0.3, -0.25) is 0 Å². The summed E-state index contributed by atoms with van der Waals surface area (Å²) in [5, 5.41) is 0.866. The van der Waals surface area contributed by atoms with Gasteiger partial charge in [0, 0.05) is 0 Å². The molecule has 0 aliphatic carbocycles. The normalized spacial score (nSPS) is 15.7. The fourth-order valence-electron chi connectivity index (χ4n) is 2.68. The molecular formula is C14H13ClGe. The zero-order valence-corrected chi connectivity index (χ0v) is 12.3. The van der Waals surface area contributed by atoms with Crippen LogP contribution in [0.1, 0.15) is 0 Å². The maximum atomic E-state index is 6.12. The number of benzene rings is 2. The molecule has 0 amide bonds. The van der Waals surface area contributed by atoms with E-state index in [2.05, 4.69) is 47.9 Å². The second kappa shape index (κ2) is 3.38. The van der Waals surface area contributed by atoms with Crippen LogP contribution in [0, 0.1) is 0 Å². The first kappa shape index (κ1) is 10.4. The van der Waals surface area contributed by atoms with Gasteiger partial charge in [-0.05, 0) is 0 Å². The van der Waals surface area contributed by atoms with Gasteiger partial charge in [0.1, 0.15) is 0 Å². The quantitative estimate of drug-likeness (QED) is 0.654. The molecule has 1 aliphatic rings. The molecule has 16 heavy (non-hydrogen) atoms. The molecule has 3 rings (SSSR count). The van der Waals surface area contributed by atoms with E-state index in [0.717, 1.165) is 5.02 Å². The van der Waals surface area contributed by atoms with Crippen LogP contribution in [0.4, 0.5) is 0 Å². The van der Waals surface area contributed by atoms with Gasteiger partial charge in [-0.25, -0.2) is 0 Å². The van der Waals surface area contributed by atoms with Crippen LogP contribution >= 0.6 is 11.6 Å². The Kier molecular flexibility index (Phi) is 2.20. The third-order valence-electron chi connectivity index (χ3n) is 3.55. The molecule has 2 aromatic carbocycles. The molecule has 0 radical (unpaired) electrons. The first-order valence-electron chi connectivity index (χ1n) is 5.50. The molecule has 2 aromatic rings. The third kappa shape index (κ3) is 1.30. The van der Waals surface area contributed by atoms with E-state index in [1.165, 1.54) is 15.5 Å². The molecule has 0 saturated heterocycles. The second-order valence-corrected chi connectivity index (χ2v) is 14.4. The third-order valence-corrected chi connectivity index (χ3v) is 11.2. The Morgan fingerprint density at radius 3 is 2.38 bits per heavy atom. The average molecular weight is 289 g/mol. The summed E-state index contributed by atoms with van der Waals surface area (Å²) in [5.74, 6) is 4.89. The molecule has 0 bridgehead atoms. The van der Waals surface area contributed by atoms with Gasteiger partial charge in [-0.2, -0.15) is 0 Å². The topological polar surface area (TPSA) is 0 Å². The van der Waals surface area contributed by atoms with E-state index in [1.807, 2.05) is 6.07 Å². The van der Waals surface area contributed by atoms with E-state index >= 15 is 0 Å². The predicted molar refractivity (Wildman–Crippen MR) is 73.6 cm³/mol. The van der Waals surface area contributed by atoms with Crippen molar-refractivity contribution in [3.8, 4) is 11.1 Å². The van der Waals surface area contributed by atoms with E-state index < -0.39 is 13.3 Å². The van der Waals surface area contributed by atoms with Gasteiger partial charge >= 0.3 is 104 Å². The van der Waals surface area contributed by atoms with E-state index in [1.54, 1.807) is 4.40 Å². The summed E-state index contributed by atoms with van der Waals surface area (Å²) in [6.45, 7) is 0. The zero-order chi connectivity index (χ0) is 11.3. The molecule has 2 heteroatoms. The molecule has 0 atom stereocenters. The van der Waals surface area contributed by atoms with Gasteiger partial charge in [0.2, 0.25) is 0 Å². The Hall–Kier alpha value is -0.727. The van der Waals surface area contributed by atoms with Crippen molar-refractivity contribution < 1.29 is 0 Å². The average Bonchev–Trinajstić information content (AvgIpc) is 2.49. The minimum absolute atomic E-state index is 0.866. The minimum atomic E-state index is -2.04. The SMILES string of the molecule is [CH3][Ge]1([CH3])[c]2ccccc2-c2ccc(Cl)c[c]21. The van der Waals surface area contributed by atoms with E-state index in [4.69, 9.17) is 11.6 Å². The molecule has 0 nitrogen and oxygen atoms in total. The molecule has 0 saturated carbocycles. The van der Waals surface area contributed by atoms with Crippen molar-refractivity contribution >= 4 is 33.7 Å². The van der Waals surface area contributed by atoms with E-state index in [0.29, 0.717) is 0 Å². The van der Waals surface area contributed by atoms with Crippen LogP contribution < -0.4 is 8.79 Å². The summed E-state index contributed by atoms with van der Waals surface area (Å²) in [4.78, 5) is 0. The molecule has 0 fully saturated rings. The van der Waals surface area contributed by atoms with Crippen molar-refractivity contribution in [1.29, 1.82) is 0 Å². The fourth-order valence-corrected chi connectivity index (χ4v) is 9.55.